The van der Waals surface area contributed by atoms with E-state index in [2.05, 4.69) is 10.1 Å². The molecule has 0 amide bonds. The fourth-order valence-corrected chi connectivity index (χ4v) is 2.70. The molecule has 2 heterocycles. The Kier molecular flexibility index (Phi) is 3.02. The van der Waals surface area contributed by atoms with E-state index in [0.717, 1.165) is 5.39 Å². The molecule has 0 radical (unpaired) electrons. The average Bonchev–Trinajstić information content (AvgIpc) is 3.01. The Labute approximate surface area is 135 Å². The minimum absolute atomic E-state index is 0.217. The topological polar surface area (TPSA) is 67.2 Å². The Morgan fingerprint density at radius 3 is 2.61 bits per heavy atom. The van der Waals surface area contributed by atoms with E-state index in [-0.39, 0.29) is 17.2 Å². The van der Waals surface area contributed by atoms with Crippen molar-refractivity contribution in [3.8, 4) is 0 Å². The van der Waals surface area contributed by atoms with Gasteiger partial charge in [-0.25, -0.2) is 4.79 Å². The van der Waals surface area contributed by atoms with Crippen molar-refractivity contribution in [3.63, 3.8) is 0 Å². The standard InChI is InChI=1S/C17H10ClN3O2/c18-11-7-5-10(6-8-11)16(22)14-9-15-12-3-1-2-4-13(12)19-17(23)21(15)20-14/h1-9H,(H,19,23). The molecule has 0 aliphatic carbocycles. The van der Waals surface area contributed by atoms with Gasteiger partial charge in [-0.05, 0) is 36.4 Å². The highest BCUT2D eigenvalue weighted by atomic mass is 35.5. The molecular formula is C17H10ClN3O2. The molecule has 5 nitrogen and oxygen atoms in total. The first-order valence-electron chi connectivity index (χ1n) is 6.94. The number of para-hydroxylation sites is 1. The number of benzene rings is 2. The molecule has 0 spiro atoms. The summed E-state index contributed by atoms with van der Waals surface area (Å²) in [5.41, 5.74) is 1.61. The second-order valence-electron chi connectivity index (χ2n) is 5.14. The molecule has 112 valence electrons. The lowest BCUT2D eigenvalue weighted by molar-refractivity contribution is 0.103. The maximum Gasteiger partial charge on any atom is 0.347 e. The number of rotatable bonds is 2. The zero-order valence-electron chi connectivity index (χ0n) is 11.8. The van der Waals surface area contributed by atoms with Gasteiger partial charge in [0.25, 0.3) is 0 Å². The number of nitrogens with zero attached hydrogens (tertiary/aromatic N) is 2. The number of hydrogen-bond donors (Lipinski definition) is 1. The smallest absolute Gasteiger partial charge is 0.305 e. The van der Waals surface area contributed by atoms with Gasteiger partial charge in [0, 0.05) is 16.0 Å². The van der Waals surface area contributed by atoms with E-state index in [4.69, 9.17) is 11.6 Å². The molecule has 0 atom stereocenters. The number of aromatic amines is 1. The van der Waals surface area contributed by atoms with Gasteiger partial charge in [-0.2, -0.15) is 9.61 Å². The van der Waals surface area contributed by atoms with Crippen LogP contribution in [-0.2, 0) is 0 Å². The molecule has 2 aromatic carbocycles. The number of carbonyl (C=O) groups is 1. The van der Waals surface area contributed by atoms with Gasteiger partial charge in [0.15, 0.2) is 0 Å². The third-order valence-electron chi connectivity index (χ3n) is 3.69. The van der Waals surface area contributed by atoms with Crippen molar-refractivity contribution in [2.45, 2.75) is 0 Å². The van der Waals surface area contributed by atoms with Gasteiger partial charge in [0.1, 0.15) is 5.69 Å². The highest BCUT2D eigenvalue weighted by Crippen LogP contribution is 2.19. The first-order chi connectivity index (χ1) is 11.1. The Morgan fingerprint density at radius 2 is 1.83 bits per heavy atom. The fraction of sp³-hybridized carbons (Fsp3) is 0. The van der Waals surface area contributed by atoms with Crippen molar-refractivity contribution >= 4 is 33.8 Å². The summed E-state index contributed by atoms with van der Waals surface area (Å²) < 4.78 is 1.21. The molecule has 4 aromatic rings. The summed E-state index contributed by atoms with van der Waals surface area (Å²) in [6, 6.07) is 15.6. The van der Waals surface area contributed by atoms with Crippen LogP contribution < -0.4 is 5.69 Å². The maximum absolute atomic E-state index is 12.5. The van der Waals surface area contributed by atoms with E-state index in [0.29, 0.717) is 21.6 Å². The molecule has 4 rings (SSSR count). The van der Waals surface area contributed by atoms with Gasteiger partial charge < -0.3 is 4.98 Å². The van der Waals surface area contributed by atoms with E-state index in [1.165, 1.54) is 4.52 Å². The van der Waals surface area contributed by atoms with E-state index in [1.807, 2.05) is 24.3 Å². The first kappa shape index (κ1) is 13.7. The lowest BCUT2D eigenvalue weighted by Gasteiger charge is -1.98. The Balaban J connectivity index is 1.93. The fourth-order valence-electron chi connectivity index (χ4n) is 2.57. The van der Waals surface area contributed by atoms with Crippen molar-refractivity contribution in [2.24, 2.45) is 0 Å². The van der Waals surface area contributed by atoms with Crippen LogP contribution in [0.15, 0.2) is 59.4 Å². The van der Waals surface area contributed by atoms with Crippen LogP contribution in [-0.4, -0.2) is 20.4 Å². The number of carbonyl (C=O) groups excluding carboxylic acids is 1. The number of hydrogen-bond acceptors (Lipinski definition) is 3. The van der Waals surface area contributed by atoms with Crippen LogP contribution in [0.4, 0.5) is 0 Å². The third-order valence-corrected chi connectivity index (χ3v) is 3.94. The predicted molar refractivity (Wildman–Crippen MR) is 88.2 cm³/mol. The van der Waals surface area contributed by atoms with Crippen LogP contribution in [0.3, 0.4) is 0 Å². The first-order valence-corrected chi connectivity index (χ1v) is 7.32. The Bertz CT molecular complexity index is 1110. The molecule has 23 heavy (non-hydrogen) atoms. The van der Waals surface area contributed by atoms with Gasteiger partial charge in [0.05, 0.1) is 11.0 Å². The lowest BCUT2D eigenvalue weighted by Crippen LogP contribution is -2.17. The SMILES string of the molecule is O=C(c1ccc(Cl)cc1)c1cc2c3ccccc3[nH]c(=O)n2n1. The van der Waals surface area contributed by atoms with Crippen LogP contribution in [0, 0.1) is 0 Å². The van der Waals surface area contributed by atoms with Crippen LogP contribution in [0.25, 0.3) is 16.4 Å². The molecule has 0 saturated carbocycles. The second kappa shape index (κ2) is 5.07. The van der Waals surface area contributed by atoms with Gasteiger partial charge in [-0.15, -0.1) is 0 Å². The molecule has 0 aliphatic heterocycles. The number of ketones is 1. The minimum atomic E-state index is -0.381. The monoisotopic (exact) mass is 323 g/mol. The summed E-state index contributed by atoms with van der Waals surface area (Å²) in [4.78, 5) is 27.4. The molecule has 0 fully saturated rings. The van der Waals surface area contributed by atoms with Crippen molar-refractivity contribution in [2.75, 3.05) is 0 Å². The Hall–Kier alpha value is -2.92. The molecule has 0 unspecified atom stereocenters. The van der Waals surface area contributed by atoms with Crippen molar-refractivity contribution in [1.29, 1.82) is 0 Å². The molecule has 0 aliphatic rings. The molecule has 1 N–H and O–H groups in total. The highest BCUT2D eigenvalue weighted by Gasteiger charge is 2.16. The second-order valence-corrected chi connectivity index (χ2v) is 5.57. The summed E-state index contributed by atoms with van der Waals surface area (Å²) in [6.45, 7) is 0. The average molecular weight is 324 g/mol. The summed E-state index contributed by atoms with van der Waals surface area (Å²) in [7, 11) is 0. The van der Waals surface area contributed by atoms with Crippen molar-refractivity contribution in [3.05, 3.63) is 81.4 Å². The minimum Gasteiger partial charge on any atom is -0.305 e. The predicted octanol–water partition coefficient (Wildman–Crippen LogP) is 3.06. The number of nitrogens with one attached hydrogen (secondary N) is 1. The third kappa shape index (κ3) is 2.22. The van der Waals surface area contributed by atoms with Gasteiger partial charge in [-0.3, -0.25) is 4.79 Å². The number of fused-ring (bicyclic) bond motifs is 3. The van der Waals surface area contributed by atoms with E-state index in [9.17, 15) is 9.59 Å². The zero-order chi connectivity index (χ0) is 16.0. The van der Waals surface area contributed by atoms with Crippen LogP contribution in [0.5, 0.6) is 0 Å². The molecular weight excluding hydrogens is 314 g/mol. The van der Waals surface area contributed by atoms with Gasteiger partial charge in [-0.1, -0.05) is 29.8 Å². The highest BCUT2D eigenvalue weighted by molar-refractivity contribution is 6.30. The van der Waals surface area contributed by atoms with Crippen molar-refractivity contribution < 1.29 is 4.79 Å². The van der Waals surface area contributed by atoms with Crippen molar-refractivity contribution in [1.82, 2.24) is 14.6 Å². The van der Waals surface area contributed by atoms with Crippen LogP contribution >= 0.6 is 11.6 Å². The number of H-pyrrole nitrogens is 1. The zero-order valence-corrected chi connectivity index (χ0v) is 12.5. The van der Waals surface area contributed by atoms with Crippen LogP contribution in [0.1, 0.15) is 16.1 Å². The quantitative estimate of drug-likeness (QED) is 0.576. The Morgan fingerprint density at radius 1 is 1.09 bits per heavy atom. The largest absolute Gasteiger partial charge is 0.347 e. The molecule has 0 saturated heterocycles. The molecule has 6 heteroatoms. The van der Waals surface area contributed by atoms with Gasteiger partial charge in [0.2, 0.25) is 5.78 Å². The summed E-state index contributed by atoms with van der Waals surface area (Å²) >= 11 is 5.84. The number of aromatic nitrogens is 3. The lowest BCUT2D eigenvalue weighted by atomic mass is 10.1. The van der Waals surface area contributed by atoms with Gasteiger partial charge >= 0.3 is 5.69 Å². The normalized spacial score (nSPS) is 11.2. The van der Waals surface area contributed by atoms with Crippen LogP contribution in [0.2, 0.25) is 5.02 Å². The summed E-state index contributed by atoms with van der Waals surface area (Å²) in [6.07, 6.45) is 0. The van der Waals surface area contributed by atoms with E-state index < -0.39 is 0 Å². The van der Waals surface area contributed by atoms with E-state index in [1.54, 1.807) is 30.3 Å². The molecule has 2 aromatic heterocycles. The summed E-state index contributed by atoms with van der Waals surface area (Å²) in [5.74, 6) is -0.256. The summed E-state index contributed by atoms with van der Waals surface area (Å²) in [5, 5.41) is 5.53. The molecule has 0 bridgehead atoms. The maximum atomic E-state index is 12.5. The number of halogens is 1. The van der Waals surface area contributed by atoms with E-state index >= 15 is 0 Å².